The Kier molecular flexibility index (Phi) is 3.29. The van der Waals surface area contributed by atoms with Crippen LogP contribution in [0.2, 0.25) is 0 Å². The van der Waals surface area contributed by atoms with E-state index < -0.39 is 11.6 Å². The quantitative estimate of drug-likeness (QED) is 0.691. The molecule has 1 heterocycles. The van der Waals surface area contributed by atoms with Crippen LogP contribution in [0.25, 0.3) is 22.0 Å². The van der Waals surface area contributed by atoms with Crippen LogP contribution >= 0.6 is 0 Å². The molecule has 0 atom stereocenters. The predicted molar refractivity (Wildman–Crippen MR) is 78.4 cm³/mol. The topological polar surface area (TPSA) is 22.1 Å². The number of pyridine rings is 1. The highest BCUT2D eigenvalue weighted by atomic mass is 19.2. The van der Waals surface area contributed by atoms with E-state index in [1.165, 1.54) is 12.1 Å². The Bertz CT molecular complexity index is 830. The fraction of sp³-hybridized carbons (Fsp3) is 0.118. The first kappa shape index (κ1) is 13.5. The molecule has 2 nitrogen and oxygen atoms in total. The molecule has 0 spiro atoms. The van der Waals surface area contributed by atoms with Gasteiger partial charge in [0, 0.05) is 16.6 Å². The minimum atomic E-state index is -0.883. The van der Waals surface area contributed by atoms with E-state index >= 15 is 0 Å². The number of halogens is 2. The molecule has 0 amide bonds. The van der Waals surface area contributed by atoms with Crippen LogP contribution in [0.1, 0.15) is 5.69 Å². The third kappa shape index (κ3) is 2.33. The Balaban J connectivity index is 2.35. The highest BCUT2D eigenvalue weighted by Crippen LogP contribution is 2.37. The molecule has 0 saturated carbocycles. The van der Waals surface area contributed by atoms with Crippen molar-refractivity contribution < 1.29 is 13.5 Å². The molecule has 21 heavy (non-hydrogen) atoms. The summed E-state index contributed by atoms with van der Waals surface area (Å²) < 4.78 is 32.0. The van der Waals surface area contributed by atoms with Gasteiger partial charge in [-0.25, -0.2) is 8.78 Å². The summed E-state index contributed by atoms with van der Waals surface area (Å²) in [5.74, 6) is -1.15. The van der Waals surface area contributed by atoms with Crippen LogP contribution in [0.15, 0.2) is 42.5 Å². The summed E-state index contributed by atoms with van der Waals surface area (Å²) >= 11 is 0. The third-order valence-electron chi connectivity index (χ3n) is 3.40. The van der Waals surface area contributed by atoms with Crippen LogP contribution in [0.5, 0.6) is 5.75 Å². The van der Waals surface area contributed by atoms with Gasteiger partial charge in [0.15, 0.2) is 11.6 Å². The second-order valence-corrected chi connectivity index (χ2v) is 4.79. The first-order chi connectivity index (χ1) is 10.1. The molecule has 0 aliphatic carbocycles. The molecule has 2 aromatic carbocycles. The van der Waals surface area contributed by atoms with Crippen molar-refractivity contribution in [2.45, 2.75) is 6.92 Å². The van der Waals surface area contributed by atoms with Crippen LogP contribution in [-0.2, 0) is 0 Å². The van der Waals surface area contributed by atoms with Gasteiger partial charge >= 0.3 is 0 Å². The maximum Gasteiger partial charge on any atom is 0.159 e. The highest BCUT2D eigenvalue weighted by molar-refractivity contribution is 5.98. The van der Waals surface area contributed by atoms with Crippen molar-refractivity contribution in [3.8, 4) is 16.9 Å². The number of nitrogens with zero attached hydrogens (tertiary/aromatic N) is 1. The number of hydrogen-bond acceptors (Lipinski definition) is 2. The van der Waals surface area contributed by atoms with Crippen molar-refractivity contribution in [3.63, 3.8) is 0 Å². The van der Waals surface area contributed by atoms with Crippen molar-refractivity contribution >= 4 is 10.9 Å². The summed E-state index contributed by atoms with van der Waals surface area (Å²) in [6.07, 6.45) is 0. The SMILES string of the molecule is COc1ccc2nc(C)ccc2c1-c1ccc(F)c(F)c1. The highest BCUT2D eigenvalue weighted by Gasteiger charge is 2.13. The zero-order chi connectivity index (χ0) is 15.0. The predicted octanol–water partition coefficient (Wildman–Crippen LogP) is 4.50. The molecule has 0 aliphatic rings. The van der Waals surface area contributed by atoms with E-state index in [1.54, 1.807) is 13.2 Å². The van der Waals surface area contributed by atoms with Crippen molar-refractivity contribution in [1.29, 1.82) is 0 Å². The number of aryl methyl sites for hydroxylation is 1. The molecule has 0 aliphatic heterocycles. The molecule has 0 fully saturated rings. The van der Waals surface area contributed by atoms with Crippen LogP contribution in [0.3, 0.4) is 0 Å². The van der Waals surface area contributed by atoms with Gasteiger partial charge in [0.1, 0.15) is 5.75 Å². The van der Waals surface area contributed by atoms with E-state index in [1.807, 2.05) is 25.1 Å². The molecule has 3 aromatic rings. The van der Waals surface area contributed by atoms with Crippen molar-refractivity contribution in [1.82, 2.24) is 4.98 Å². The van der Waals surface area contributed by atoms with Gasteiger partial charge in [-0.05, 0) is 42.8 Å². The second kappa shape index (κ2) is 5.13. The molecule has 1 aromatic heterocycles. The van der Waals surface area contributed by atoms with Crippen molar-refractivity contribution in [2.24, 2.45) is 0 Å². The number of ether oxygens (including phenoxy) is 1. The number of hydrogen-bond donors (Lipinski definition) is 0. The Labute approximate surface area is 121 Å². The summed E-state index contributed by atoms with van der Waals surface area (Å²) in [7, 11) is 1.55. The van der Waals surface area contributed by atoms with E-state index in [-0.39, 0.29) is 0 Å². The van der Waals surface area contributed by atoms with Crippen molar-refractivity contribution in [2.75, 3.05) is 7.11 Å². The lowest BCUT2D eigenvalue weighted by Gasteiger charge is -2.12. The Hall–Kier alpha value is -2.49. The van der Waals surface area contributed by atoms with E-state index in [2.05, 4.69) is 4.98 Å². The monoisotopic (exact) mass is 285 g/mol. The van der Waals surface area contributed by atoms with Crippen LogP contribution < -0.4 is 4.74 Å². The standard InChI is InChI=1S/C17H13F2NO/c1-10-3-5-12-15(20-10)7-8-16(21-2)17(12)11-4-6-13(18)14(19)9-11/h3-9H,1-2H3. The fourth-order valence-electron chi connectivity index (χ4n) is 2.41. The molecule has 0 saturated heterocycles. The van der Waals surface area contributed by atoms with Crippen LogP contribution in [0, 0.1) is 18.6 Å². The molecule has 3 rings (SSSR count). The fourth-order valence-corrected chi connectivity index (χ4v) is 2.41. The normalized spacial score (nSPS) is 10.9. The van der Waals surface area contributed by atoms with Crippen LogP contribution in [0.4, 0.5) is 8.78 Å². The Morgan fingerprint density at radius 2 is 1.76 bits per heavy atom. The number of methoxy groups -OCH3 is 1. The van der Waals surface area contributed by atoms with Gasteiger partial charge in [-0.1, -0.05) is 12.1 Å². The maximum atomic E-state index is 13.5. The number of benzene rings is 2. The smallest absolute Gasteiger partial charge is 0.159 e. The number of rotatable bonds is 2. The molecule has 0 unspecified atom stereocenters. The van der Waals surface area contributed by atoms with Gasteiger partial charge in [0.2, 0.25) is 0 Å². The van der Waals surface area contributed by atoms with Crippen molar-refractivity contribution in [3.05, 3.63) is 59.8 Å². The molecule has 4 heteroatoms. The van der Waals surface area contributed by atoms with E-state index in [0.29, 0.717) is 16.9 Å². The lowest BCUT2D eigenvalue weighted by Crippen LogP contribution is -1.93. The summed E-state index contributed by atoms with van der Waals surface area (Å²) in [5, 5.41) is 0.839. The molecule has 0 N–H and O–H groups in total. The van der Waals surface area contributed by atoms with Crippen LogP contribution in [-0.4, -0.2) is 12.1 Å². The zero-order valence-corrected chi connectivity index (χ0v) is 11.7. The number of fused-ring (bicyclic) bond motifs is 1. The lowest BCUT2D eigenvalue weighted by molar-refractivity contribution is 0.417. The second-order valence-electron chi connectivity index (χ2n) is 4.79. The Morgan fingerprint density at radius 3 is 2.48 bits per heavy atom. The summed E-state index contributed by atoms with van der Waals surface area (Å²) in [5.41, 5.74) is 2.95. The van der Waals surface area contributed by atoms with Gasteiger partial charge < -0.3 is 4.74 Å². The molecule has 0 radical (unpaired) electrons. The lowest BCUT2D eigenvalue weighted by atomic mass is 9.99. The van der Waals surface area contributed by atoms with Gasteiger partial charge in [-0.15, -0.1) is 0 Å². The summed E-state index contributed by atoms with van der Waals surface area (Å²) in [4.78, 5) is 4.45. The van der Waals surface area contributed by atoms with Gasteiger partial charge in [0.25, 0.3) is 0 Å². The molecule has 0 bridgehead atoms. The maximum absolute atomic E-state index is 13.5. The van der Waals surface area contributed by atoms with Gasteiger partial charge in [-0.2, -0.15) is 0 Å². The Morgan fingerprint density at radius 1 is 0.952 bits per heavy atom. The first-order valence-corrected chi connectivity index (χ1v) is 6.50. The summed E-state index contributed by atoms with van der Waals surface area (Å²) in [6.45, 7) is 1.90. The van der Waals surface area contributed by atoms with E-state index in [9.17, 15) is 8.78 Å². The first-order valence-electron chi connectivity index (χ1n) is 6.50. The van der Waals surface area contributed by atoms with E-state index in [0.717, 1.165) is 22.7 Å². The van der Waals surface area contributed by atoms with Gasteiger partial charge in [-0.3, -0.25) is 4.98 Å². The van der Waals surface area contributed by atoms with E-state index in [4.69, 9.17) is 4.74 Å². The molecular weight excluding hydrogens is 272 g/mol. The average molecular weight is 285 g/mol. The molecule has 106 valence electrons. The molecular formula is C17H13F2NO. The van der Waals surface area contributed by atoms with Gasteiger partial charge in [0.05, 0.1) is 12.6 Å². The summed E-state index contributed by atoms with van der Waals surface area (Å²) in [6, 6.07) is 11.3. The largest absolute Gasteiger partial charge is 0.496 e. The minimum absolute atomic E-state index is 0.557. The number of aromatic nitrogens is 1. The average Bonchev–Trinajstić information content (AvgIpc) is 2.48. The third-order valence-corrected chi connectivity index (χ3v) is 3.40. The zero-order valence-electron chi connectivity index (χ0n) is 11.7. The minimum Gasteiger partial charge on any atom is -0.496 e.